The zero-order valence-electron chi connectivity index (χ0n) is 12.9. The highest BCUT2D eigenvalue weighted by Gasteiger charge is 2.21. The van der Waals surface area contributed by atoms with Gasteiger partial charge < -0.3 is 10.4 Å². The van der Waals surface area contributed by atoms with Crippen LogP contribution in [-0.4, -0.2) is 26.4 Å². The molecular weight excluding hydrogens is 258 g/mol. The van der Waals surface area contributed by atoms with E-state index in [9.17, 15) is 14.7 Å². The number of nitrogens with zero attached hydrogens (tertiary/aromatic N) is 2. The van der Waals surface area contributed by atoms with Crippen molar-refractivity contribution in [2.75, 3.05) is 6.54 Å². The number of hydrogen-bond acceptors (Lipinski definition) is 4. The monoisotopic (exact) mass is 283 g/mol. The molecule has 0 aliphatic heterocycles. The van der Waals surface area contributed by atoms with E-state index in [1.807, 2.05) is 0 Å². The van der Waals surface area contributed by atoms with Crippen LogP contribution >= 0.6 is 0 Å². The van der Waals surface area contributed by atoms with E-state index in [2.05, 4.69) is 19.2 Å². The van der Waals surface area contributed by atoms with E-state index in [4.69, 9.17) is 0 Å². The van der Waals surface area contributed by atoms with Crippen LogP contribution in [0.25, 0.3) is 0 Å². The second kappa shape index (κ2) is 6.37. The number of hydrogen-bond donors (Lipinski definition) is 2. The van der Waals surface area contributed by atoms with E-state index >= 15 is 0 Å². The molecule has 1 unspecified atom stereocenters. The smallest absolute Gasteiger partial charge is 0.330 e. The van der Waals surface area contributed by atoms with E-state index in [0.29, 0.717) is 31.1 Å². The van der Waals surface area contributed by atoms with Gasteiger partial charge in [0.2, 0.25) is 0 Å². The normalized spacial score (nSPS) is 14.6. The Bertz CT molecular complexity index is 570. The zero-order valence-corrected chi connectivity index (χ0v) is 12.9. The van der Waals surface area contributed by atoms with Crippen molar-refractivity contribution in [2.45, 2.75) is 39.3 Å². The van der Waals surface area contributed by atoms with Gasteiger partial charge in [-0.25, -0.2) is 4.79 Å². The van der Waals surface area contributed by atoms with Crippen LogP contribution in [0.4, 0.5) is 0 Å². The first-order chi connectivity index (χ1) is 9.14. The second-order valence-corrected chi connectivity index (χ2v) is 6.07. The van der Waals surface area contributed by atoms with E-state index in [-0.39, 0.29) is 11.2 Å². The Kier molecular flexibility index (Phi) is 5.30. The lowest BCUT2D eigenvalue weighted by Crippen LogP contribution is -2.41. The van der Waals surface area contributed by atoms with Crippen LogP contribution < -0.4 is 16.6 Å². The Morgan fingerprint density at radius 2 is 1.90 bits per heavy atom. The van der Waals surface area contributed by atoms with Crippen LogP contribution in [-0.2, 0) is 20.6 Å². The maximum atomic E-state index is 11.8. The average molecular weight is 283 g/mol. The van der Waals surface area contributed by atoms with Crippen LogP contribution in [0.3, 0.4) is 0 Å². The van der Waals surface area contributed by atoms with E-state index in [1.165, 1.54) is 17.7 Å². The van der Waals surface area contributed by atoms with Gasteiger partial charge in [-0.2, -0.15) is 0 Å². The van der Waals surface area contributed by atoms with Gasteiger partial charge in [0.05, 0.1) is 5.60 Å². The summed E-state index contributed by atoms with van der Waals surface area (Å²) in [5.74, 6) is 0.403. The van der Waals surface area contributed by atoms with Crippen LogP contribution in [0, 0.1) is 5.92 Å². The lowest BCUT2D eigenvalue weighted by atomic mass is 9.94. The molecule has 1 rings (SSSR count). The fourth-order valence-corrected chi connectivity index (χ4v) is 2.36. The van der Waals surface area contributed by atoms with Crippen molar-refractivity contribution in [3.05, 3.63) is 32.6 Å². The predicted octanol–water partition coefficient (Wildman–Crippen LogP) is -0.0293. The highest BCUT2D eigenvalue weighted by molar-refractivity contribution is 5.02. The molecule has 1 heterocycles. The Labute approximate surface area is 119 Å². The van der Waals surface area contributed by atoms with Crippen LogP contribution in [0.1, 0.15) is 32.9 Å². The van der Waals surface area contributed by atoms with Gasteiger partial charge in [0.15, 0.2) is 0 Å². The fraction of sp³-hybridized carbons (Fsp3) is 0.714. The lowest BCUT2D eigenvalue weighted by molar-refractivity contribution is 0.0382. The van der Waals surface area contributed by atoms with Crippen molar-refractivity contribution in [1.29, 1.82) is 0 Å². The van der Waals surface area contributed by atoms with Crippen molar-refractivity contribution in [3.63, 3.8) is 0 Å². The van der Waals surface area contributed by atoms with Gasteiger partial charge in [-0.05, 0) is 19.3 Å². The molecular formula is C14H25N3O3. The highest BCUT2D eigenvalue weighted by atomic mass is 16.3. The van der Waals surface area contributed by atoms with Crippen LogP contribution in [0.15, 0.2) is 15.7 Å². The molecule has 0 saturated heterocycles. The molecule has 0 fully saturated rings. The molecule has 0 aliphatic rings. The molecule has 1 aromatic heterocycles. The minimum atomic E-state index is -0.799. The molecule has 1 atom stereocenters. The molecule has 6 nitrogen and oxygen atoms in total. The largest absolute Gasteiger partial charge is 0.389 e. The Balaban J connectivity index is 2.73. The molecule has 0 amide bonds. The third-order valence-electron chi connectivity index (χ3n) is 3.29. The van der Waals surface area contributed by atoms with Crippen LogP contribution in [0.2, 0.25) is 0 Å². The predicted molar refractivity (Wildman–Crippen MR) is 78.7 cm³/mol. The van der Waals surface area contributed by atoms with E-state index in [0.717, 1.165) is 4.57 Å². The lowest BCUT2D eigenvalue weighted by Gasteiger charge is -2.25. The number of rotatable bonds is 6. The van der Waals surface area contributed by atoms with Gasteiger partial charge in [0, 0.05) is 38.9 Å². The van der Waals surface area contributed by atoms with Crippen molar-refractivity contribution in [3.8, 4) is 0 Å². The molecule has 1 aromatic rings. The van der Waals surface area contributed by atoms with Gasteiger partial charge in [0.25, 0.3) is 5.56 Å². The summed E-state index contributed by atoms with van der Waals surface area (Å²) in [6, 6.07) is 1.44. The Hall–Kier alpha value is -1.40. The standard InChI is InChI=1S/C14H25N3O3/c1-10(2)7-14(3,20)9-15-8-11-6-12(18)17(5)13(19)16(11)4/h6,10,15,20H,7-9H2,1-5H3. The van der Waals surface area contributed by atoms with Gasteiger partial charge >= 0.3 is 5.69 Å². The third kappa shape index (κ3) is 4.31. The summed E-state index contributed by atoms with van der Waals surface area (Å²) in [5, 5.41) is 13.3. The minimum absolute atomic E-state index is 0.321. The second-order valence-electron chi connectivity index (χ2n) is 6.07. The highest BCUT2D eigenvalue weighted by Crippen LogP contribution is 2.15. The number of aromatic nitrogens is 2. The topological polar surface area (TPSA) is 76.3 Å². The van der Waals surface area contributed by atoms with E-state index < -0.39 is 5.60 Å². The van der Waals surface area contributed by atoms with Crippen molar-refractivity contribution < 1.29 is 5.11 Å². The maximum Gasteiger partial charge on any atom is 0.330 e. The molecule has 0 aromatic carbocycles. The van der Waals surface area contributed by atoms with Crippen molar-refractivity contribution >= 4 is 0 Å². The molecule has 20 heavy (non-hydrogen) atoms. The third-order valence-corrected chi connectivity index (χ3v) is 3.29. The summed E-state index contributed by atoms with van der Waals surface area (Å²) < 4.78 is 2.50. The van der Waals surface area contributed by atoms with Crippen LogP contribution in [0.5, 0.6) is 0 Å². The summed E-state index contributed by atoms with van der Waals surface area (Å²) in [7, 11) is 3.08. The number of nitrogens with one attached hydrogen (secondary N) is 1. The van der Waals surface area contributed by atoms with E-state index in [1.54, 1.807) is 14.0 Å². The summed E-state index contributed by atoms with van der Waals surface area (Å²) in [4.78, 5) is 23.4. The number of aliphatic hydroxyl groups is 1. The van der Waals surface area contributed by atoms with Crippen molar-refractivity contribution in [2.24, 2.45) is 20.0 Å². The maximum absolute atomic E-state index is 11.8. The zero-order chi connectivity index (χ0) is 15.5. The molecule has 2 N–H and O–H groups in total. The molecule has 114 valence electrons. The van der Waals surface area contributed by atoms with Gasteiger partial charge in [-0.1, -0.05) is 13.8 Å². The fourth-order valence-electron chi connectivity index (χ4n) is 2.36. The quantitative estimate of drug-likeness (QED) is 0.769. The molecule has 0 spiro atoms. The summed E-state index contributed by atoms with van der Waals surface area (Å²) in [5.41, 5.74) is -0.854. The van der Waals surface area contributed by atoms with Gasteiger partial charge in [-0.3, -0.25) is 13.9 Å². The first kappa shape index (κ1) is 16.7. The van der Waals surface area contributed by atoms with Gasteiger partial charge in [-0.15, -0.1) is 0 Å². The molecule has 0 bridgehead atoms. The Morgan fingerprint density at radius 3 is 2.45 bits per heavy atom. The molecule has 0 radical (unpaired) electrons. The molecule has 6 heteroatoms. The summed E-state index contributed by atoms with van der Waals surface area (Å²) in [6.45, 7) is 6.67. The first-order valence-electron chi connectivity index (χ1n) is 6.83. The SMILES string of the molecule is CC(C)CC(C)(O)CNCc1cc(=O)n(C)c(=O)n1C. The summed E-state index contributed by atoms with van der Waals surface area (Å²) in [6.07, 6.45) is 0.690. The first-order valence-corrected chi connectivity index (χ1v) is 6.83. The van der Waals surface area contributed by atoms with Crippen molar-refractivity contribution in [1.82, 2.24) is 14.5 Å². The Morgan fingerprint density at radius 1 is 1.30 bits per heavy atom. The summed E-state index contributed by atoms with van der Waals surface area (Å²) >= 11 is 0. The average Bonchev–Trinajstić information content (AvgIpc) is 2.31. The molecule has 0 saturated carbocycles. The minimum Gasteiger partial charge on any atom is -0.389 e. The molecule has 0 aliphatic carbocycles. The van der Waals surface area contributed by atoms with Gasteiger partial charge in [0.1, 0.15) is 0 Å².